The van der Waals surface area contributed by atoms with Gasteiger partial charge in [-0.2, -0.15) is 0 Å². The number of benzene rings is 2. The van der Waals surface area contributed by atoms with E-state index in [1.165, 1.54) is 17.8 Å². The van der Waals surface area contributed by atoms with Gasteiger partial charge in [-0.05, 0) is 54.0 Å². The van der Waals surface area contributed by atoms with Crippen LogP contribution < -0.4 is 4.90 Å². The molecule has 6 rings (SSSR count). The van der Waals surface area contributed by atoms with Crippen molar-refractivity contribution in [2.45, 2.75) is 46.2 Å². The van der Waals surface area contributed by atoms with Crippen molar-refractivity contribution in [2.75, 3.05) is 11.4 Å². The van der Waals surface area contributed by atoms with E-state index < -0.39 is 12.0 Å². The lowest BCUT2D eigenvalue weighted by atomic mass is 9.72. The van der Waals surface area contributed by atoms with Crippen LogP contribution in [-0.2, 0) is 4.79 Å². The molecule has 0 unspecified atom stereocenters. The average molecular weight is 517 g/mol. The summed E-state index contributed by atoms with van der Waals surface area (Å²) >= 11 is 15.1. The number of halogens is 2. The Morgan fingerprint density at radius 1 is 1.24 bits per heavy atom. The van der Waals surface area contributed by atoms with Crippen LogP contribution in [0.15, 0.2) is 53.4 Å². The number of nitrogens with zero attached hydrogens (tertiary/aromatic N) is 2. The number of hydrogen-bond acceptors (Lipinski definition) is 5. The highest BCUT2D eigenvalue weighted by Gasteiger charge is 2.56. The number of carboxylic acid groups (broad SMARTS) is 1. The van der Waals surface area contributed by atoms with Gasteiger partial charge in [0.25, 0.3) is 5.69 Å². The molecule has 1 saturated carbocycles. The molecule has 2 aliphatic heterocycles. The summed E-state index contributed by atoms with van der Waals surface area (Å²) in [5.41, 5.74) is 3.14. The van der Waals surface area contributed by atoms with Gasteiger partial charge in [-0.15, -0.1) is 23.4 Å². The summed E-state index contributed by atoms with van der Waals surface area (Å²) < 4.78 is 0. The maximum Gasteiger partial charge on any atom is 0.326 e. The Bertz CT molecular complexity index is 1240. The Labute approximate surface area is 211 Å². The topological polar surface area (TPSA) is 83.7 Å². The van der Waals surface area contributed by atoms with Crippen LogP contribution in [0.1, 0.15) is 35.8 Å². The Balaban J connectivity index is 1.45. The predicted molar refractivity (Wildman–Crippen MR) is 133 cm³/mol. The van der Waals surface area contributed by atoms with Gasteiger partial charge in [0.1, 0.15) is 6.04 Å². The van der Waals surface area contributed by atoms with Crippen molar-refractivity contribution in [3.05, 3.63) is 74.8 Å². The molecular weight excluding hydrogens is 495 g/mol. The van der Waals surface area contributed by atoms with Crippen molar-refractivity contribution in [1.82, 2.24) is 0 Å². The second kappa shape index (κ2) is 8.18. The van der Waals surface area contributed by atoms with Gasteiger partial charge < -0.3 is 10.0 Å². The molecule has 2 aliphatic carbocycles. The Hall–Kier alpha value is -2.22. The SMILES string of the molecule is O=C(O)[C@@H]1[C@@H]2C[C@H](Sc3ccccc3[N+](=O)[O-])[C@H](Cl)[C@@H]2c2cc(Cl)cc3c2N1C[C@@H]1CC=C[C@H]31. The van der Waals surface area contributed by atoms with E-state index in [1.807, 2.05) is 12.1 Å². The van der Waals surface area contributed by atoms with Crippen LogP contribution in [-0.4, -0.2) is 39.2 Å². The van der Waals surface area contributed by atoms with Crippen LogP contribution in [0.5, 0.6) is 0 Å². The minimum atomic E-state index is -0.842. The normalized spacial score (nSPS) is 32.8. The molecule has 0 aromatic heterocycles. The molecule has 9 heteroatoms. The third kappa shape index (κ3) is 3.28. The van der Waals surface area contributed by atoms with E-state index in [-0.39, 0.29) is 39.0 Å². The van der Waals surface area contributed by atoms with E-state index in [9.17, 15) is 20.0 Å². The first-order valence-electron chi connectivity index (χ1n) is 11.4. The standard InChI is InChI=1S/C25H22Cl2N2O4S/c26-13-8-15-14-5-3-4-12(14)11-28-23(15)16(9-13)21-17(24(28)25(30)31)10-20(22(21)27)34-19-7-2-1-6-18(19)29(32)33/h1-3,5-9,12,14,17,20-22,24H,4,10-11H2,(H,30,31)/t12-,14-,17+,20-,21+,22-,24-/m0/s1. The minimum absolute atomic E-state index is 0.0471. The molecule has 0 bridgehead atoms. The first-order chi connectivity index (χ1) is 16.3. The van der Waals surface area contributed by atoms with E-state index in [2.05, 4.69) is 17.1 Å². The minimum Gasteiger partial charge on any atom is -0.480 e. The summed E-state index contributed by atoms with van der Waals surface area (Å²) in [6.07, 6.45) is 5.89. The van der Waals surface area contributed by atoms with Crippen molar-refractivity contribution in [1.29, 1.82) is 0 Å². The van der Waals surface area contributed by atoms with Crippen LogP contribution in [0.25, 0.3) is 0 Å². The lowest BCUT2D eigenvalue weighted by molar-refractivity contribution is -0.387. The Kier molecular flexibility index (Phi) is 5.35. The number of aliphatic carboxylic acids is 1. The second-order valence-corrected chi connectivity index (χ2v) is 11.8. The van der Waals surface area contributed by atoms with Crippen LogP contribution in [0, 0.1) is 22.0 Å². The first kappa shape index (κ1) is 22.3. The maximum atomic E-state index is 12.7. The Morgan fingerprint density at radius 3 is 2.76 bits per heavy atom. The number of anilines is 1. The molecule has 34 heavy (non-hydrogen) atoms. The first-order valence-corrected chi connectivity index (χ1v) is 13.1. The van der Waals surface area contributed by atoms with Gasteiger partial charge in [0.2, 0.25) is 0 Å². The lowest BCUT2D eigenvalue weighted by Gasteiger charge is -2.49. The maximum absolute atomic E-state index is 12.7. The number of hydrogen-bond donors (Lipinski definition) is 1. The quantitative estimate of drug-likeness (QED) is 0.230. The smallest absolute Gasteiger partial charge is 0.326 e. The van der Waals surface area contributed by atoms with Crippen molar-refractivity contribution in [2.24, 2.45) is 11.8 Å². The van der Waals surface area contributed by atoms with E-state index >= 15 is 0 Å². The molecule has 4 aliphatic rings. The molecule has 2 aromatic rings. The van der Waals surface area contributed by atoms with Gasteiger partial charge in [-0.1, -0.05) is 35.9 Å². The number of nitro benzene ring substituents is 1. The number of allylic oxidation sites excluding steroid dienone is 2. The summed E-state index contributed by atoms with van der Waals surface area (Å²) in [6, 6.07) is 9.90. The summed E-state index contributed by atoms with van der Waals surface area (Å²) in [4.78, 5) is 26.5. The zero-order valence-corrected chi connectivity index (χ0v) is 20.3. The molecular formula is C25H22Cl2N2O4S. The third-order valence-corrected chi connectivity index (χ3v) is 10.2. The molecule has 0 amide bonds. The molecule has 0 spiro atoms. The average Bonchev–Trinajstić information content (AvgIpc) is 3.38. The van der Waals surface area contributed by atoms with Gasteiger partial charge in [0, 0.05) is 40.4 Å². The van der Waals surface area contributed by atoms with Crippen LogP contribution in [0.2, 0.25) is 5.02 Å². The summed E-state index contributed by atoms with van der Waals surface area (Å²) in [7, 11) is 0. The number of carbonyl (C=O) groups is 1. The highest BCUT2D eigenvalue weighted by atomic mass is 35.5. The molecule has 7 atom stereocenters. The highest BCUT2D eigenvalue weighted by molar-refractivity contribution is 8.00. The fourth-order valence-corrected chi connectivity index (χ4v) is 8.78. The van der Waals surface area contributed by atoms with Crippen molar-refractivity contribution in [3.63, 3.8) is 0 Å². The number of alkyl halides is 1. The van der Waals surface area contributed by atoms with E-state index in [0.29, 0.717) is 28.8 Å². The van der Waals surface area contributed by atoms with Crippen molar-refractivity contribution >= 4 is 52.3 Å². The molecule has 1 fully saturated rings. The summed E-state index contributed by atoms with van der Waals surface area (Å²) in [5.74, 6) is -0.658. The fraction of sp³-hybridized carbons (Fsp3) is 0.400. The van der Waals surface area contributed by atoms with Crippen molar-refractivity contribution < 1.29 is 14.8 Å². The van der Waals surface area contributed by atoms with E-state index in [4.69, 9.17) is 23.2 Å². The monoisotopic (exact) mass is 516 g/mol. The van der Waals surface area contributed by atoms with Gasteiger partial charge in [0.15, 0.2) is 0 Å². The Morgan fingerprint density at radius 2 is 2.00 bits per heavy atom. The molecule has 1 N–H and O–H groups in total. The molecule has 0 radical (unpaired) electrons. The van der Waals surface area contributed by atoms with Gasteiger partial charge >= 0.3 is 5.97 Å². The van der Waals surface area contributed by atoms with E-state index in [1.54, 1.807) is 18.2 Å². The third-order valence-electron chi connectivity index (χ3n) is 7.86. The molecule has 2 heterocycles. The molecule has 2 aromatic carbocycles. The number of nitro groups is 1. The summed E-state index contributed by atoms with van der Waals surface area (Å²) in [5, 5.41) is 22.0. The van der Waals surface area contributed by atoms with Gasteiger partial charge in [-0.25, -0.2) is 4.79 Å². The fourth-order valence-electron chi connectivity index (χ4n) is 6.60. The number of thioether (sulfide) groups is 1. The number of carboxylic acids is 1. The van der Waals surface area contributed by atoms with Crippen LogP contribution in [0.4, 0.5) is 11.4 Å². The largest absolute Gasteiger partial charge is 0.480 e. The molecule has 176 valence electrons. The second-order valence-electron chi connectivity index (χ2n) is 9.57. The van der Waals surface area contributed by atoms with Gasteiger partial charge in [-0.3, -0.25) is 10.1 Å². The van der Waals surface area contributed by atoms with Crippen LogP contribution in [0.3, 0.4) is 0 Å². The highest BCUT2D eigenvalue weighted by Crippen LogP contribution is 2.60. The number of fused-ring (bicyclic) bond motifs is 4. The van der Waals surface area contributed by atoms with Crippen molar-refractivity contribution in [3.8, 4) is 0 Å². The lowest BCUT2D eigenvalue weighted by Crippen LogP contribution is -2.55. The zero-order chi connectivity index (χ0) is 23.7. The predicted octanol–water partition coefficient (Wildman–Crippen LogP) is 6.07. The molecule has 6 nitrogen and oxygen atoms in total. The summed E-state index contributed by atoms with van der Waals surface area (Å²) in [6.45, 7) is 0.689. The van der Waals surface area contributed by atoms with E-state index in [0.717, 1.165) is 23.2 Å². The zero-order valence-electron chi connectivity index (χ0n) is 18.0. The van der Waals surface area contributed by atoms with Gasteiger partial charge in [0.05, 0.1) is 15.2 Å². The molecule has 0 saturated heterocycles. The number of para-hydroxylation sites is 1. The number of rotatable bonds is 4. The van der Waals surface area contributed by atoms with Crippen LogP contribution >= 0.6 is 35.0 Å².